The van der Waals surface area contributed by atoms with Crippen LogP contribution in [0.25, 0.3) is 10.9 Å². The number of thioether (sulfide) groups is 1. The van der Waals surface area contributed by atoms with Gasteiger partial charge in [0, 0.05) is 36.4 Å². The van der Waals surface area contributed by atoms with Crippen LogP contribution in [0.2, 0.25) is 0 Å². The van der Waals surface area contributed by atoms with Gasteiger partial charge in [0.1, 0.15) is 30.2 Å². The quantitative estimate of drug-likeness (QED) is 0.130. The minimum Gasteiger partial charge on any atom is -0.370 e. The average Bonchev–Trinajstić information content (AvgIpc) is 3.55. The van der Waals surface area contributed by atoms with Gasteiger partial charge in [-0.25, -0.2) is 0 Å². The molecule has 3 aromatic rings. The van der Waals surface area contributed by atoms with Crippen molar-refractivity contribution in [3.05, 3.63) is 71.9 Å². The zero-order valence-electron chi connectivity index (χ0n) is 30.7. The van der Waals surface area contributed by atoms with Crippen LogP contribution >= 0.6 is 11.8 Å². The summed E-state index contributed by atoms with van der Waals surface area (Å²) in [6.07, 6.45) is 3.57. The van der Waals surface area contributed by atoms with Crippen LogP contribution < -0.4 is 37.6 Å². The number of carbonyl (C=O) groups excluding carboxylic acids is 7. The van der Waals surface area contributed by atoms with Gasteiger partial charge >= 0.3 is 0 Å². The van der Waals surface area contributed by atoms with Crippen LogP contribution in [0.15, 0.2) is 60.8 Å². The maximum Gasteiger partial charge on any atom is 0.243 e. The predicted molar refractivity (Wildman–Crippen MR) is 206 cm³/mol. The van der Waals surface area contributed by atoms with Gasteiger partial charge in [-0.1, -0.05) is 62.4 Å². The Morgan fingerprint density at radius 3 is 1.94 bits per heavy atom. The summed E-state index contributed by atoms with van der Waals surface area (Å²) >= 11 is 1.44. The number of hydrogen-bond acceptors (Lipinski definition) is 8. The van der Waals surface area contributed by atoms with Crippen LogP contribution in [0.3, 0.4) is 0 Å². The van der Waals surface area contributed by atoms with Crippen molar-refractivity contribution >= 4 is 64.0 Å². The highest BCUT2D eigenvalue weighted by Crippen LogP contribution is 2.20. The Morgan fingerprint density at radius 1 is 0.722 bits per heavy atom. The van der Waals surface area contributed by atoms with Crippen molar-refractivity contribution in [2.24, 2.45) is 11.7 Å². The number of amides is 7. The summed E-state index contributed by atoms with van der Waals surface area (Å²) in [6.45, 7) is 3.25. The van der Waals surface area contributed by atoms with Crippen molar-refractivity contribution in [3.8, 4) is 0 Å². The van der Waals surface area contributed by atoms with E-state index in [0.717, 1.165) is 16.5 Å². The average molecular weight is 763 g/mol. The van der Waals surface area contributed by atoms with E-state index in [1.165, 1.54) is 11.8 Å². The molecule has 1 aliphatic heterocycles. The molecule has 0 spiro atoms. The highest BCUT2D eigenvalue weighted by molar-refractivity contribution is 7.98. The number of primary amides is 1. The van der Waals surface area contributed by atoms with Gasteiger partial charge in [0.05, 0.1) is 6.54 Å². The number of nitrogens with two attached hydrogens (primary N) is 1. The number of benzene rings is 2. The highest BCUT2D eigenvalue weighted by atomic mass is 32.2. The zero-order valence-corrected chi connectivity index (χ0v) is 31.6. The molecule has 5 atom stereocenters. The molecule has 1 aliphatic rings. The van der Waals surface area contributed by atoms with E-state index in [1.807, 2.05) is 50.4 Å². The molecule has 15 nitrogen and oxygen atoms in total. The first-order chi connectivity index (χ1) is 25.8. The molecule has 0 radical (unpaired) electrons. The van der Waals surface area contributed by atoms with Crippen LogP contribution in [0.1, 0.15) is 50.7 Å². The van der Waals surface area contributed by atoms with Crippen molar-refractivity contribution in [2.75, 3.05) is 18.6 Å². The molecule has 4 rings (SSSR count). The van der Waals surface area contributed by atoms with Crippen LogP contribution in [-0.2, 0) is 46.4 Å². The number of H-pyrrole nitrogens is 1. The largest absolute Gasteiger partial charge is 0.370 e. The molecule has 1 fully saturated rings. The maximum atomic E-state index is 14.2. The lowest BCUT2D eigenvalue weighted by Crippen LogP contribution is -2.60. The second-order valence-corrected chi connectivity index (χ2v) is 14.7. The summed E-state index contributed by atoms with van der Waals surface area (Å²) in [7, 11) is 0. The molecule has 2 heterocycles. The van der Waals surface area contributed by atoms with Crippen molar-refractivity contribution < 1.29 is 33.6 Å². The van der Waals surface area contributed by atoms with Crippen LogP contribution in [0.4, 0.5) is 0 Å². The Balaban J connectivity index is 1.75. The normalized spacial score (nSPS) is 22.3. The van der Waals surface area contributed by atoms with Gasteiger partial charge in [0.2, 0.25) is 41.4 Å². The fourth-order valence-electron chi connectivity index (χ4n) is 6.18. The number of carbonyl (C=O) groups is 7. The van der Waals surface area contributed by atoms with Gasteiger partial charge in [0.15, 0.2) is 0 Å². The Hall–Kier alpha value is -5.38. The van der Waals surface area contributed by atoms with Gasteiger partial charge in [-0.15, -0.1) is 0 Å². The Morgan fingerprint density at radius 2 is 1.30 bits per heavy atom. The first-order valence-corrected chi connectivity index (χ1v) is 19.4. The lowest BCUT2D eigenvalue weighted by Gasteiger charge is -2.28. The molecule has 0 unspecified atom stereocenters. The number of rotatable bonds is 12. The van der Waals surface area contributed by atoms with Crippen LogP contribution in [0.5, 0.6) is 0 Å². The third-order valence-electron chi connectivity index (χ3n) is 8.99. The molecular formula is C38H50N8O7S. The maximum absolute atomic E-state index is 14.2. The second-order valence-electron chi connectivity index (χ2n) is 13.8. The number of nitrogens with one attached hydrogen (secondary N) is 7. The summed E-state index contributed by atoms with van der Waals surface area (Å²) in [5, 5.41) is 17.0. The molecule has 7 amide bonds. The van der Waals surface area contributed by atoms with Crippen molar-refractivity contribution in [1.29, 1.82) is 0 Å². The minimum atomic E-state index is -1.33. The highest BCUT2D eigenvalue weighted by Gasteiger charge is 2.34. The van der Waals surface area contributed by atoms with Crippen LogP contribution in [0, 0.1) is 5.92 Å². The summed E-state index contributed by atoms with van der Waals surface area (Å²) < 4.78 is 0. The van der Waals surface area contributed by atoms with Crippen LogP contribution in [-0.4, -0.2) is 95.1 Å². The molecule has 1 aromatic heterocycles. The summed E-state index contributed by atoms with van der Waals surface area (Å²) in [4.78, 5) is 97.6. The standard InChI is InChI=1S/C38H50N8O7S/c1-22(2)17-29-37(52)44-28(15-16-54-3)36(51)43-27(13-14-32(39)47)35(50)46-31(19-24-20-40-26-12-8-7-11-25(24)26)38(53)45-30(18-23-9-5-4-6-10-23)34(49)41-21-33(48)42-29/h4-12,20,22,27-31,40H,13-19,21H2,1-3H3,(H2,39,47)(H,41,49)(H,42,48)(H,43,51)(H,44,52)(H,45,53)(H,46,50)/t27-,28+,29-,30-,31+/m0/s1. The Labute approximate surface area is 318 Å². The summed E-state index contributed by atoms with van der Waals surface area (Å²) in [5.41, 5.74) is 7.66. The van der Waals surface area contributed by atoms with E-state index in [4.69, 9.17) is 5.73 Å². The van der Waals surface area contributed by atoms with Gasteiger partial charge in [-0.05, 0) is 54.4 Å². The topological polar surface area (TPSA) is 233 Å². The van der Waals surface area contributed by atoms with E-state index < -0.39 is 78.1 Å². The van der Waals surface area contributed by atoms with Gasteiger partial charge in [-0.3, -0.25) is 33.6 Å². The van der Waals surface area contributed by atoms with E-state index in [1.54, 1.807) is 30.5 Å². The SMILES string of the molecule is CSCC[C@H]1NC(=O)[C@H](CC(C)C)NC(=O)CNC(=O)[C@H](Cc2ccccc2)NC(=O)[C@@H](Cc2c[nH]c3ccccc23)NC(=O)[C@H](CCC(N)=O)NC1=O. The third-order valence-corrected chi connectivity index (χ3v) is 9.63. The predicted octanol–water partition coefficient (Wildman–Crippen LogP) is 0.572. The summed E-state index contributed by atoms with van der Waals surface area (Å²) in [5.74, 6) is -4.34. The molecule has 2 aromatic carbocycles. The molecule has 0 bridgehead atoms. The van der Waals surface area contributed by atoms with E-state index in [-0.39, 0.29) is 44.4 Å². The molecule has 1 saturated heterocycles. The monoisotopic (exact) mass is 762 g/mol. The lowest BCUT2D eigenvalue weighted by atomic mass is 10.0. The van der Waals surface area contributed by atoms with Crippen molar-refractivity contribution in [3.63, 3.8) is 0 Å². The van der Waals surface area contributed by atoms with Gasteiger partial charge in [0.25, 0.3) is 0 Å². The Bertz CT molecular complexity index is 1800. The molecule has 0 aliphatic carbocycles. The number of fused-ring (bicyclic) bond motifs is 1. The van der Waals surface area contributed by atoms with E-state index >= 15 is 0 Å². The van der Waals surface area contributed by atoms with Gasteiger partial charge < -0.3 is 42.6 Å². The second kappa shape index (κ2) is 20.2. The lowest BCUT2D eigenvalue weighted by molar-refractivity contribution is -0.136. The number of para-hydroxylation sites is 1. The number of aromatic amines is 1. The molecular weight excluding hydrogens is 713 g/mol. The first-order valence-electron chi connectivity index (χ1n) is 18.0. The Kier molecular flexibility index (Phi) is 15.5. The minimum absolute atomic E-state index is 0.0101. The fraction of sp³-hybridized carbons (Fsp3) is 0.447. The first kappa shape index (κ1) is 41.4. The molecule has 16 heteroatoms. The number of aromatic nitrogens is 1. The third kappa shape index (κ3) is 12.4. The molecule has 54 heavy (non-hydrogen) atoms. The molecule has 9 N–H and O–H groups in total. The summed E-state index contributed by atoms with van der Waals surface area (Å²) in [6, 6.07) is 10.5. The van der Waals surface area contributed by atoms with E-state index in [9.17, 15) is 33.6 Å². The fourth-order valence-corrected chi connectivity index (χ4v) is 6.65. The van der Waals surface area contributed by atoms with Crippen molar-refractivity contribution in [2.45, 2.75) is 82.6 Å². The van der Waals surface area contributed by atoms with E-state index in [2.05, 4.69) is 36.9 Å². The molecule has 290 valence electrons. The smallest absolute Gasteiger partial charge is 0.243 e. The zero-order chi connectivity index (χ0) is 39.2. The number of hydrogen-bond donors (Lipinski definition) is 8. The van der Waals surface area contributed by atoms with Crippen molar-refractivity contribution in [1.82, 2.24) is 36.9 Å². The van der Waals surface area contributed by atoms with Gasteiger partial charge in [-0.2, -0.15) is 11.8 Å². The van der Waals surface area contributed by atoms with E-state index in [0.29, 0.717) is 11.3 Å². The molecule has 0 saturated carbocycles.